The van der Waals surface area contributed by atoms with E-state index in [-0.39, 0.29) is 36.4 Å². The molecular formula is C17H30IN5O2. The maximum absolute atomic E-state index is 11.7. The first-order valence-electron chi connectivity index (χ1n) is 8.30. The van der Waals surface area contributed by atoms with Gasteiger partial charge in [-0.1, -0.05) is 25.1 Å². The average Bonchev–Trinajstić information content (AvgIpc) is 3.03. The van der Waals surface area contributed by atoms with E-state index in [2.05, 4.69) is 41.2 Å². The standard InChI is InChI=1S/C17H29N5O2.HI/c1-6-9-18-17(20-12-16(23)22(4)5)19-11-14-10-15(21-24-14)13(7-2)8-3;/h6,10,13H,1,7-9,11-12H2,2-5H3,(H2,18,19,20);1H. The molecule has 25 heavy (non-hydrogen) atoms. The molecule has 0 aliphatic carbocycles. The molecule has 0 unspecified atom stereocenters. The van der Waals surface area contributed by atoms with Gasteiger partial charge in [-0.05, 0) is 12.8 Å². The predicted octanol–water partition coefficient (Wildman–Crippen LogP) is 2.51. The van der Waals surface area contributed by atoms with Crippen molar-refractivity contribution in [1.82, 2.24) is 20.7 Å². The maximum Gasteiger partial charge on any atom is 0.243 e. The molecule has 8 heteroatoms. The van der Waals surface area contributed by atoms with Gasteiger partial charge in [0, 0.05) is 32.6 Å². The van der Waals surface area contributed by atoms with E-state index >= 15 is 0 Å². The minimum atomic E-state index is -0.0645. The molecule has 7 nitrogen and oxygen atoms in total. The third kappa shape index (κ3) is 8.37. The molecule has 0 atom stereocenters. The third-order valence-corrected chi connectivity index (χ3v) is 3.70. The summed E-state index contributed by atoms with van der Waals surface area (Å²) in [6.45, 7) is 9.04. The number of rotatable bonds is 9. The first-order chi connectivity index (χ1) is 11.5. The van der Waals surface area contributed by atoms with Crippen LogP contribution in [-0.2, 0) is 11.3 Å². The largest absolute Gasteiger partial charge is 0.359 e. The average molecular weight is 463 g/mol. The number of hydrogen-bond donors (Lipinski definition) is 2. The maximum atomic E-state index is 11.7. The molecule has 0 aliphatic rings. The molecule has 0 saturated carbocycles. The summed E-state index contributed by atoms with van der Waals surface area (Å²) in [6.07, 6.45) is 3.80. The van der Waals surface area contributed by atoms with Crippen molar-refractivity contribution in [2.45, 2.75) is 39.2 Å². The van der Waals surface area contributed by atoms with Gasteiger partial charge in [-0.3, -0.25) is 4.79 Å². The number of carbonyl (C=O) groups is 1. The Balaban J connectivity index is 0.00000576. The van der Waals surface area contributed by atoms with E-state index in [4.69, 9.17) is 4.52 Å². The summed E-state index contributed by atoms with van der Waals surface area (Å²) < 4.78 is 5.38. The van der Waals surface area contributed by atoms with Crippen LogP contribution in [-0.4, -0.2) is 49.1 Å². The Morgan fingerprint density at radius 2 is 2.08 bits per heavy atom. The van der Waals surface area contributed by atoms with Crippen LogP contribution < -0.4 is 10.6 Å². The second kappa shape index (κ2) is 12.7. The van der Waals surface area contributed by atoms with Gasteiger partial charge in [-0.15, -0.1) is 30.6 Å². The van der Waals surface area contributed by atoms with Crippen molar-refractivity contribution in [3.63, 3.8) is 0 Å². The van der Waals surface area contributed by atoms with Crippen molar-refractivity contribution < 1.29 is 9.32 Å². The van der Waals surface area contributed by atoms with Crippen LogP contribution in [0.1, 0.15) is 44.1 Å². The van der Waals surface area contributed by atoms with Crippen molar-refractivity contribution in [3.8, 4) is 0 Å². The van der Waals surface area contributed by atoms with Gasteiger partial charge in [0.15, 0.2) is 11.7 Å². The topological polar surface area (TPSA) is 82.8 Å². The zero-order valence-corrected chi connectivity index (χ0v) is 17.9. The predicted molar refractivity (Wildman–Crippen MR) is 111 cm³/mol. The first-order valence-corrected chi connectivity index (χ1v) is 8.30. The zero-order chi connectivity index (χ0) is 17.9. The minimum absolute atomic E-state index is 0. The Labute approximate surface area is 167 Å². The van der Waals surface area contributed by atoms with E-state index in [1.807, 2.05) is 6.07 Å². The molecule has 1 rings (SSSR count). The monoisotopic (exact) mass is 463 g/mol. The normalized spacial score (nSPS) is 11.0. The number of halogens is 1. The van der Waals surface area contributed by atoms with Crippen molar-refractivity contribution in [1.29, 1.82) is 0 Å². The van der Waals surface area contributed by atoms with Crippen LogP contribution in [0.15, 0.2) is 28.2 Å². The summed E-state index contributed by atoms with van der Waals surface area (Å²) in [5.74, 6) is 1.63. The van der Waals surface area contributed by atoms with E-state index in [0.29, 0.717) is 25.0 Å². The smallest absolute Gasteiger partial charge is 0.243 e. The lowest BCUT2D eigenvalue weighted by molar-refractivity contribution is -0.127. The van der Waals surface area contributed by atoms with Gasteiger partial charge < -0.3 is 20.1 Å². The number of amides is 1. The lowest BCUT2D eigenvalue weighted by Crippen LogP contribution is -2.38. The molecule has 0 radical (unpaired) electrons. The molecule has 0 spiro atoms. The first kappa shape index (κ1) is 23.4. The molecule has 142 valence electrons. The lowest BCUT2D eigenvalue weighted by atomic mass is 9.99. The van der Waals surface area contributed by atoms with Crippen LogP contribution in [0.5, 0.6) is 0 Å². The van der Waals surface area contributed by atoms with Gasteiger partial charge in [0.05, 0.1) is 12.2 Å². The van der Waals surface area contributed by atoms with Crippen LogP contribution >= 0.6 is 24.0 Å². The van der Waals surface area contributed by atoms with Gasteiger partial charge in [0.25, 0.3) is 0 Å². The molecule has 1 aromatic heterocycles. The fourth-order valence-corrected chi connectivity index (χ4v) is 2.11. The number of likely N-dealkylation sites (N-methyl/N-ethyl adjacent to an activating group) is 1. The summed E-state index contributed by atoms with van der Waals surface area (Å²) in [7, 11) is 3.41. The number of guanidine groups is 1. The molecule has 1 amide bonds. The van der Waals surface area contributed by atoms with Crippen molar-refractivity contribution >= 4 is 35.8 Å². The van der Waals surface area contributed by atoms with Gasteiger partial charge in [-0.2, -0.15) is 0 Å². The molecular weight excluding hydrogens is 433 g/mol. The van der Waals surface area contributed by atoms with E-state index in [9.17, 15) is 4.79 Å². The van der Waals surface area contributed by atoms with Crippen LogP contribution in [0.4, 0.5) is 0 Å². The van der Waals surface area contributed by atoms with Crippen LogP contribution in [0.25, 0.3) is 0 Å². The number of carbonyl (C=O) groups excluding carboxylic acids is 1. The van der Waals surface area contributed by atoms with Crippen molar-refractivity contribution in [3.05, 3.63) is 30.2 Å². The Hall–Kier alpha value is -1.58. The third-order valence-electron chi connectivity index (χ3n) is 3.70. The molecule has 1 heterocycles. The Kier molecular flexibility index (Phi) is 11.9. The van der Waals surface area contributed by atoms with Gasteiger partial charge in [0.1, 0.15) is 6.54 Å². The van der Waals surface area contributed by atoms with E-state index in [0.717, 1.165) is 24.3 Å². The lowest BCUT2D eigenvalue weighted by Gasteiger charge is -2.11. The Morgan fingerprint density at radius 1 is 1.40 bits per heavy atom. The fraction of sp³-hybridized carbons (Fsp3) is 0.588. The summed E-state index contributed by atoms with van der Waals surface area (Å²) in [5, 5.41) is 10.4. The number of nitrogens with one attached hydrogen (secondary N) is 2. The van der Waals surface area contributed by atoms with E-state index < -0.39 is 0 Å². The highest BCUT2D eigenvalue weighted by atomic mass is 127. The van der Waals surface area contributed by atoms with Gasteiger partial charge >= 0.3 is 0 Å². The van der Waals surface area contributed by atoms with Crippen molar-refractivity contribution in [2.75, 3.05) is 27.2 Å². The van der Waals surface area contributed by atoms with E-state index in [1.165, 1.54) is 4.90 Å². The van der Waals surface area contributed by atoms with E-state index in [1.54, 1.807) is 20.2 Å². The number of aromatic nitrogens is 1. The second-order valence-electron chi connectivity index (χ2n) is 5.71. The summed E-state index contributed by atoms with van der Waals surface area (Å²) in [5.41, 5.74) is 0.983. The van der Waals surface area contributed by atoms with Gasteiger partial charge in [0.2, 0.25) is 5.91 Å². The quantitative estimate of drug-likeness (QED) is 0.255. The Bertz CT molecular complexity index is 553. The van der Waals surface area contributed by atoms with Crippen LogP contribution in [0.2, 0.25) is 0 Å². The molecule has 1 aromatic rings. The number of nitrogens with zero attached hydrogens (tertiary/aromatic N) is 3. The molecule has 0 fully saturated rings. The highest BCUT2D eigenvalue weighted by Crippen LogP contribution is 2.22. The molecule has 0 saturated heterocycles. The summed E-state index contributed by atoms with van der Waals surface area (Å²) in [4.78, 5) is 17.4. The zero-order valence-electron chi connectivity index (χ0n) is 15.5. The molecule has 2 N–H and O–H groups in total. The Morgan fingerprint density at radius 3 is 2.64 bits per heavy atom. The summed E-state index contributed by atoms with van der Waals surface area (Å²) >= 11 is 0. The van der Waals surface area contributed by atoms with Crippen LogP contribution in [0.3, 0.4) is 0 Å². The molecule has 0 aromatic carbocycles. The second-order valence-corrected chi connectivity index (χ2v) is 5.71. The van der Waals surface area contributed by atoms with Gasteiger partial charge in [-0.25, -0.2) is 4.99 Å². The minimum Gasteiger partial charge on any atom is -0.359 e. The van der Waals surface area contributed by atoms with Crippen LogP contribution in [0, 0.1) is 0 Å². The summed E-state index contributed by atoms with van der Waals surface area (Å²) in [6, 6.07) is 1.97. The highest BCUT2D eigenvalue weighted by Gasteiger charge is 2.13. The highest BCUT2D eigenvalue weighted by molar-refractivity contribution is 14.0. The molecule has 0 bridgehead atoms. The fourth-order valence-electron chi connectivity index (χ4n) is 2.11. The number of aliphatic imine (C=N–C) groups is 1. The van der Waals surface area contributed by atoms with Crippen molar-refractivity contribution in [2.24, 2.45) is 4.99 Å². The number of hydrogen-bond acceptors (Lipinski definition) is 4. The SMILES string of the molecule is C=CCNC(=NCC(=O)N(C)C)NCc1cc(C(CC)CC)no1.I. The molecule has 0 aliphatic heterocycles.